The highest BCUT2D eigenvalue weighted by atomic mass is 32.1. The van der Waals surface area contributed by atoms with Gasteiger partial charge in [-0.1, -0.05) is 30.3 Å². The number of fused-ring (bicyclic) bond motifs is 1. The van der Waals surface area contributed by atoms with Crippen molar-refractivity contribution < 1.29 is 19.1 Å². The van der Waals surface area contributed by atoms with E-state index in [0.29, 0.717) is 11.3 Å². The van der Waals surface area contributed by atoms with Crippen molar-refractivity contribution >= 4 is 45.9 Å². The van der Waals surface area contributed by atoms with E-state index in [9.17, 15) is 14.7 Å². The number of para-hydroxylation sites is 1. The van der Waals surface area contributed by atoms with Crippen molar-refractivity contribution in [3.05, 3.63) is 65.9 Å². The summed E-state index contributed by atoms with van der Waals surface area (Å²) >= 11 is 5.05. The van der Waals surface area contributed by atoms with Crippen molar-refractivity contribution in [3.63, 3.8) is 0 Å². The highest BCUT2D eigenvalue weighted by molar-refractivity contribution is 7.80. The summed E-state index contributed by atoms with van der Waals surface area (Å²) in [5, 5.41) is 16.9. The molecule has 24 heavy (non-hydrogen) atoms. The molecule has 1 heterocycles. The Labute approximate surface area is 142 Å². The Kier molecular flexibility index (Phi) is 4.26. The fraction of sp³-hybridized carbons (Fsp3) is 0. The third-order valence-electron chi connectivity index (χ3n) is 3.23. The van der Waals surface area contributed by atoms with Crippen LogP contribution in [0.1, 0.15) is 20.9 Å². The smallest absolute Gasteiger partial charge is 0.293 e. The molecule has 0 atom stereocenters. The Morgan fingerprint density at radius 2 is 1.83 bits per heavy atom. The van der Waals surface area contributed by atoms with Crippen LogP contribution in [0, 0.1) is 0 Å². The summed E-state index contributed by atoms with van der Waals surface area (Å²) in [7, 11) is 0. The topological polar surface area (TPSA) is 94.4 Å². The van der Waals surface area contributed by atoms with E-state index in [-0.39, 0.29) is 16.4 Å². The standard InChI is InChI=1S/C17H12N2O4S/c20-15(14-9-10-4-1-2-7-13(10)23-14)19-17(24)18-12-6-3-5-11(8-12)16(21)22/h1-9H,(H,21,22)(H2,18,19,20,24)/p-1. The maximum Gasteiger partial charge on any atom is 0.293 e. The van der Waals surface area contributed by atoms with Crippen LogP contribution >= 0.6 is 12.2 Å². The van der Waals surface area contributed by atoms with Crippen LogP contribution in [-0.4, -0.2) is 17.0 Å². The second-order valence-corrected chi connectivity index (χ2v) is 5.33. The van der Waals surface area contributed by atoms with Gasteiger partial charge in [-0.25, -0.2) is 0 Å². The number of nitrogens with one attached hydrogen (secondary N) is 2. The molecule has 6 nitrogen and oxygen atoms in total. The normalized spacial score (nSPS) is 10.3. The van der Waals surface area contributed by atoms with Gasteiger partial charge in [0.15, 0.2) is 10.9 Å². The van der Waals surface area contributed by atoms with Gasteiger partial charge in [-0.2, -0.15) is 0 Å². The van der Waals surface area contributed by atoms with E-state index < -0.39 is 11.9 Å². The fourth-order valence-corrected chi connectivity index (χ4v) is 2.36. The Morgan fingerprint density at radius 1 is 1.04 bits per heavy atom. The molecule has 1 amide bonds. The van der Waals surface area contributed by atoms with Crippen LogP contribution in [0.25, 0.3) is 11.0 Å². The Balaban J connectivity index is 1.69. The minimum Gasteiger partial charge on any atom is -0.545 e. The number of hydrogen-bond donors (Lipinski definition) is 2. The first-order chi connectivity index (χ1) is 11.5. The Hall–Kier alpha value is -3.19. The van der Waals surface area contributed by atoms with Crippen molar-refractivity contribution in [2.45, 2.75) is 0 Å². The van der Waals surface area contributed by atoms with Crippen molar-refractivity contribution in [1.29, 1.82) is 0 Å². The number of hydrogen-bond acceptors (Lipinski definition) is 5. The maximum absolute atomic E-state index is 12.2. The Morgan fingerprint density at radius 3 is 2.58 bits per heavy atom. The lowest BCUT2D eigenvalue weighted by molar-refractivity contribution is -0.255. The molecule has 3 aromatic rings. The molecular weight excluding hydrogens is 328 g/mol. The highest BCUT2D eigenvalue weighted by Crippen LogP contribution is 2.18. The first-order valence-electron chi connectivity index (χ1n) is 6.95. The van der Waals surface area contributed by atoms with Gasteiger partial charge in [0, 0.05) is 11.1 Å². The largest absolute Gasteiger partial charge is 0.545 e. The van der Waals surface area contributed by atoms with E-state index in [1.807, 2.05) is 18.2 Å². The quantitative estimate of drug-likeness (QED) is 0.708. The van der Waals surface area contributed by atoms with Gasteiger partial charge in [-0.3, -0.25) is 10.1 Å². The van der Waals surface area contributed by atoms with Gasteiger partial charge in [0.1, 0.15) is 5.58 Å². The number of anilines is 1. The SMILES string of the molecule is O=C([O-])c1cccc(NC(=S)NC(=O)c2cc3ccccc3o2)c1. The van der Waals surface area contributed by atoms with Crippen LogP contribution in [0.4, 0.5) is 5.69 Å². The molecule has 0 aliphatic carbocycles. The van der Waals surface area contributed by atoms with Gasteiger partial charge in [0.2, 0.25) is 0 Å². The van der Waals surface area contributed by atoms with Crippen molar-refractivity contribution in [2.75, 3.05) is 5.32 Å². The van der Waals surface area contributed by atoms with E-state index in [1.165, 1.54) is 18.2 Å². The molecule has 7 heteroatoms. The van der Waals surface area contributed by atoms with E-state index in [2.05, 4.69) is 10.6 Å². The number of furan rings is 1. The van der Waals surface area contributed by atoms with E-state index in [1.54, 1.807) is 18.2 Å². The summed E-state index contributed by atoms with van der Waals surface area (Å²) in [6, 6.07) is 14.8. The van der Waals surface area contributed by atoms with Gasteiger partial charge < -0.3 is 19.6 Å². The molecule has 0 saturated carbocycles. The molecule has 0 aliphatic heterocycles. The molecule has 0 spiro atoms. The summed E-state index contributed by atoms with van der Waals surface area (Å²) in [4.78, 5) is 23.0. The van der Waals surface area contributed by atoms with Crippen LogP contribution < -0.4 is 15.7 Å². The van der Waals surface area contributed by atoms with Gasteiger partial charge in [-0.15, -0.1) is 0 Å². The molecule has 2 N–H and O–H groups in total. The molecular formula is C17H11N2O4S-. The number of carbonyl (C=O) groups is 2. The van der Waals surface area contributed by atoms with Crippen LogP contribution in [-0.2, 0) is 0 Å². The molecule has 2 aromatic carbocycles. The first kappa shape index (κ1) is 15.7. The van der Waals surface area contributed by atoms with Crippen LogP contribution in [0.2, 0.25) is 0 Å². The monoisotopic (exact) mass is 339 g/mol. The predicted molar refractivity (Wildman–Crippen MR) is 90.7 cm³/mol. The van der Waals surface area contributed by atoms with E-state index in [0.717, 1.165) is 5.39 Å². The molecule has 0 bridgehead atoms. The lowest BCUT2D eigenvalue weighted by atomic mass is 10.2. The number of carboxylic acid groups (broad SMARTS) is 1. The zero-order chi connectivity index (χ0) is 17.1. The average molecular weight is 339 g/mol. The molecule has 0 saturated heterocycles. The van der Waals surface area contributed by atoms with E-state index in [4.69, 9.17) is 16.6 Å². The maximum atomic E-state index is 12.2. The number of carboxylic acids is 1. The molecule has 1 aromatic heterocycles. The number of aromatic carboxylic acids is 1. The van der Waals surface area contributed by atoms with Crippen molar-refractivity contribution in [1.82, 2.24) is 5.32 Å². The zero-order valence-electron chi connectivity index (χ0n) is 12.2. The number of rotatable bonds is 3. The summed E-state index contributed by atoms with van der Waals surface area (Å²) in [5.74, 6) is -1.67. The van der Waals surface area contributed by atoms with E-state index >= 15 is 0 Å². The molecule has 120 valence electrons. The Bertz CT molecular complexity index is 915. The summed E-state index contributed by atoms with van der Waals surface area (Å²) in [6.45, 7) is 0. The number of thiocarbonyl (C=S) groups is 1. The third kappa shape index (κ3) is 3.41. The van der Waals surface area contributed by atoms with Crippen LogP contribution in [0.15, 0.2) is 59.0 Å². The van der Waals surface area contributed by atoms with Crippen molar-refractivity contribution in [2.24, 2.45) is 0 Å². The highest BCUT2D eigenvalue weighted by Gasteiger charge is 2.13. The minimum absolute atomic E-state index is 0.00594. The lowest BCUT2D eigenvalue weighted by Crippen LogP contribution is -2.34. The lowest BCUT2D eigenvalue weighted by Gasteiger charge is -2.10. The predicted octanol–water partition coefficient (Wildman–Crippen LogP) is 1.92. The second-order valence-electron chi connectivity index (χ2n) is 4.92. The average Bonchev–Trinajstić information content (AvgIpc) is 2.99. The summed E-state index contributed by atoms with van der Waals surface area (Å²) in [6.07, 6.45) is 0. The van der Waals surface area contributed by atoms with Crippen molar-refractivity contribution in [3.8, 4) is 0 Å². The van der Waals surface area contributed by atoms with Gasteiger partial charge in [0.25, 0.3) is 5.91 Å². The summed E-state index contributed by atoms with van der Waals surface area (Å²) in [5.41, 5.74) is 1.03. The third-order valence-corrected chi connectivity index (χ3v) is 3.44. The van der Waals surface area contributed by atoms with Gasteiger partial charge in [-0.05, 0) is 42.0 Å². The number of amides is 1. The second kappa shape index (κ2) is 6.51. The zero-order valence-corrected chi connectivity index (χ0v) is 13.1. The molecule has 0 aliphatic rings. The van der Waals surface area contributed by atoms with Crippen LogP contribution in [0.3, 0.4) is 0 Å². The molecule has 0 fully saturated rings. The molecule has 3 rings (SSSR count). The fourth-order valence-electron chi connectivity index (χ4n) is 2.14. The number of benzene rings is 2. The van der Waals surface area contributed by atoms with Crippen LogP contribution in [0.5, 0.6) is 0 Å². The molecule has 0 unspecified atom stereocenters. The van der Waals surface area contributed by atoms with Gasteiger partial charge in [0.05, 0.1) is 5.97 Å². The first-order valence-corrected chi connectivity index (χ1v) is 7.36. The minimum atomic E-state index is -1.30. The summed E-state index contributed by atoms with van der Waals surface area (Å²) < 4.78 is 5.45. The number of carbonyl (C=O) groups excluding carboxylic acids is 2. The van der Waals surface area contributed by atoms with Gasteiger partial charge >= 0.3 is 0 Å². The molecule has 0 radical (unpaired) electrons.